The summed E-state index contributed by atoms with van der Waals surface area (Å²) in [5.74, 6) is 5.25. The first-order valence-electron chi connectivity index (χ1n) is 3.82. The SMILES string of the molecule is CS(=O)(=O)N(N)c1ccccc1[N+](=O)[O-]. The van der Waals surface area contributed by atoms with Crippen LogP contribution in [0, 0.1) is 10.1 Å². The number of nitrogens with zero attached hydrogens (tertiary/aromatic N) is 2. The van der Waals surface area contributed by atoms with Gasteiger partial charge in [0.1, 0.15) is 5.69 Å². The van der Waals surface area contributed by atoms with Crippen molar-refractivity contribution in [2.24, 2.45) is 5.84 Å². The molecule has 0 saturated carbocycles. The molecule has 0 aromatic heterocycles. The lowest BCUT2D eigenvalue weighted by atomic mass is 10.3. The third-order valence-corrected chi connectivity index (χ3v) is 2.58. The summed E-state index contributed by atoms with van der Waals surface area (Å²) in [6.07, 6.45) is 0.865. The van der Waals surface area contributed by atoms with Crippen LogP contribution in [0.5, 0.6) is 0 Å². The molecule has 0 unspecified atom stereocenters. The minimum Gasteiger partial charge on any atom is -0.258 e. The van der Waals surface area contributed by atoms with Gasteiger partial charge in [-0.2, -0.15) is 4.41 Å². The Morgan fingerprint density at radius 3 is 2.40 bits per heavy atom. The van der Waals surface area contributed by atoms with E-state index in [-0.39, 0.29) is 11.4 Å². The molecule has 0 aliphatic heterocycles. The Bertz CT molecular complexity index is 485. The number of nitro benzene ring substituents is 1. The van der Waals surface area contributed by atoms with Gasteiger partial charge in [-0.3, -0.25) is 10.1 Å². The Balaban J connectivity index is 3.32. The zero-order valence-corrected chi connectivity index (χ0v) is 8.64. The fourth-order valence-corrected chi connectivity index (χ4v) is 1.50. The second-order valence-corrected chi connectivity index (χ2v) is 4.66. The predicted molar refractivity (Wildman–Crippen MR) is 54.6 cm³/mol. The van der Waals surface area contributed by atoms with Crippen molar-refractivity contribution in [3.8, 4) is 0 Å². The molecule has 0 aliphatic rings. The van der Waals surface area contributed by atoms with Crippen molar-refractivity contribution in [3.63, 3.8) is 0 Å². The molecule has 15 heavy (non-hydrogen) atoms. The van der Waals surface area contributed by atoms with Gasteiger partial charge in [-0.25, -0.2) is 14.3 Å². The van der Waals surface area contributed by atoms with Gasteiger partial charge in [-0.15, -0.1) is 0 Å². The minimum absolute atomic E-state index is 0.162. The molecule has 7 nitrogen and oxygen atoms in total. The van der Waals surface area contributed by atoms with Crippen LogP contribution >= 0.6 is 0 Å². The number of rotatable bonds is 3. The normalized spacial score (nSPS) is 11.1. The van der Waals surface area contributed by atoms with Crippen LogP contribution in [-0.2, 0) is 10.0 Å². The van der Waals surface area contributed by atoms with Gasteiger partial charge in [0.15, 0.2) is 0 Å². The maximum Gasteiger partial charge on any atom is 0.295 e. The van der Waals surface area contributed by atoms with Crippen LogP contribution in [0.25, 0.3) is 0 Å². The van der Waals surface area contributed by atoms with Gasteiger partial charge in [0.25, 0.3) is 5.69 Å². The molecule has 82 valence electrons. The molecule has 0 saturated heterocycles. The molecule has 0 amide bonds. The van der Waals surface area contributed by atoms with E-state index in [0.29, 0.717) is 4.41 Å². The zero-order valence-electron chi connectivity index (χ0n) is 7.82. The van der Waals surface area contributed by atoms with Gasteiger partial charge in [0.2, 0.25) is 10.0 Å². The first-order valence-corrected chi connectivity index (χ1v) is 5.67. The summed E-state index contributed by atoms with van der Waals surface area (Å²) in [5, 5.41) is 10.6. The molecule has 8 heteroatoms. The molecule has 0 spiro atoms. The number of benzene rings is 1. The van der Waals surface area contributed by atoms with E-state index >= 15 is 0 Å². The second kappa shape index (κ2) is 3.83. The van der Waals surface area contributed by atoms with Crippen molar-refractivity contribution in [3.05, 3.63) is 34.4 Å². The van der Waals surface area contributed by atoms with Crippen LogP contribution < -0.4 is 10.3 Å². The van der Waals surface area contributed by atoms with Crippen LogP contribution in [-0.4, -0.2) is 19.6 Å². The fourth-order valence-electron chi connectivity index (χ4n) is 0.984. The lowest BCUT2D eigenvalue weighted by molar-refractivity contribution is -0.384. The van der Waals surface area contributed by atoms with Crippen LogP contribution in [0.2, 0.25) is 0 Å². The Labute approximate surface area is 86.3 Å². The summed E-state index contributed by atoms with van der Waals surface area (Å²) < 4.78 is 22.5. The predicted octanol–water partition coefficient (Wildman–Crippen LogP) is 0.235. The average Bonchev–Trinajstić information content (AvgIpc) is 2.15. The lowest BCUT2D eigenvalue weighted by Crippen LogP contribution is -2.36. The number of anilines is 1. The monoisotopic (exact) mass is 231 g/mol. The summed E-state index contributed by atoms with van der Waals surface area (Å²) in [6, 6.07) is 5.34. The highest BCUT2D eigenvalue weighted by Gasteiger charge is 2.22. The molecule has 0 heterocycles. The molecular formula is C7H9N3O4S. The summed E-state index contributed by atoms with van der Waals surface area (Å²) in [7, 11) is -3.71. The Hall–Kier alpha value is -1.67. The first-order chi connectivity index (χ1) is 6.84. The van der Waals surface area contributed by atoms with E-state index in [9.17, 15) is 18.5 Å². The third kappa shape index (κ3) is 2.42. The number of hydrazine groups is 1. The Morgan fingerprint density at radius 2 is 1.93 bits per heavy atom. The summed E-state index contributed by atoms with van der Waals surface area (Å²) in [4.78, 5) is 9.89. The van der Waals surface area contributed by atoms with Gasteiger partial charge in [0, 0.05) is 6.07 Å². The van der Waals surface area contributed by atoms with Gasteiger partial charge in [0.05, 0.1) is 11.2 Å². The van der Waals surface area contributed by atoms with E-state index in [0.717, 1.165) is 6.26 Å². The smallest absolute Gasteiger partial charge is 0.258 e. The van der Waals surface area contributed by atoms with Crippen molar-refractivity contribution in [1.29, 1.82) is 0 Å². The highest BCUT2D eigenvalue weighted by Crippen LogP contribution is 2.26. The lowest BCUT2D eigenvalue weighted by Gasteiger charge is -2.15. The van der Waals surface area contributed by atoms with Gasteiger partial charge in [-0.05, 0) is 6.07 Å². The standard InChI is InChI=1S/C7H9N3O4S/c1-15(13,14)9(8)6-4-2-3-5-7(6)10(11)12/h2-5H,8H2,1H3. The number of nitro groups is 1. The molecule has 0 radical (unpaired) electrons. The number of hydrogen-bond acceptors (Lipinski definition) is 5. The Kier molecular flexibility index (Phi) is 2.91. The number of para-hydroxylation sites is 2. The molecule has 1 aromatic carbocycles. The summed E-state index contributed by atoms with van der Waals surface area (Å²) in [6.45, 7) is 0. The van der Waals surface area contributed by atoms with Gasteiger partial charge >= 0.3 is 0 Å². The largest absolute Gasteiger partial charge is 0.295 e. The molecule has 0 bridgehead atoms. The van der Waals surface area contributed by atoms with Gasteiger partial charge in [-0.1, -0.05) is 12.1 Å². The van der Waals surface area contributed by atoms with E-state index in [4.69, 9.17) is 5.84 Å². The quantitative estimate of drug-likeness (QED) is 0.455. The van der Waals surface area contributed by atoms with Crippen molar-refractivity contribution < 1.29 is 13.3 Å². The summed E-state index contributed by atoms with van der Waals surface area (Å²) >= 11 is 0. The number of sulfonamides is 1. The Morgan fingerprint density at radius 1 is 1.40 bits per heavy atom. The highest BCUT2D eigenvalue weighted by atomic mass is 32.2. The van der Waals surface area contributed by atoms with Crippen molar-refractivity contribution in [1.82, 2.24) is 0 Å². The maximum absolute atomic E-state index is 11.1. The van der Waals surface area contributed by atoms with E-state index in [1.165, 1.54) is 24.3 Å². The third-order valence-electron chi connectivity index (χ3n) is 1.67. The maximum atomic E-state index is 11.1. The van der Waals surface area contributed by atoms with Crippen LogP contribution in [0.3, 0.4) is 0 Å². The van der Waals surface area contributed by atoms with E-state index in [1.54, 1.807) is 0 Å². The van der Waals surface area contributed by atoms with Crippen LogP contribution in [0.1, 0.15) is 0 Å². The topological polar surface area (TPSA) is 107 Å². The fraction of sp³-hybridized carbons (Fsp3) is 0.143. The van der Waals surface area contributed by atoms with Crippen LogP contribution in [0.15, 0.2) is 24.3 Å². The van der Waals surface area contributed by atoms with E-state index < -0.39 is 14.9 Å². The van der Waals surface area contributed by atoms with Crippen LogP contribution in [0.4, 0.5) is 11.4 Å². The summed E-state index contributed by atoms with van der Waals surface area (Å²) in [5.41, 5.74) is -0.518. The molecule has 0 aliphatic carbocycles. The minimum atomic E-state index is -3.71. The van der Waals surface area contributed by atoms with Crippen molar-refractivity contribution in [2.75, 3.05) is 10.7 Å². The molecule has 1 rings (SSSR count). The molecule has 2 N–H and O–H groups in total. The molecule has 0 atom stereocenters. The average molecular weight is 231 g/mol. The number of hydrogen-bond donors (Lipinski definition) is 1. The molecular weight excluding hydrogens is 222 g/mol. The van der Waals surface area contributed by atoms with E-state index in [2.05, 4.69) is 0 Å². The second-order valence-electron chi connectivity index (χ2n) is 2.80. The van der Waals surface area contributed by atoms with Crippen molar-refractivity contribution in [2.45, 2.75) is 0 Å². The first kappa shape index (κ1) is 11.4. The highest BCUT2D eigenvalue weighted by molar-refractivity contribution is 7.92. The van der Waals surface area contributed by atoms with Gasteiger partial charge < -0.3 is 0 Å². The number of nitrogens with two attached hydrogens (primary N) is 1. The zero-order chi connectivity index (χ0) is 11.6. The molecule has 0 fully saturated rings. The molecule has 1 aromatic rings. The van der Waals surface area contributed by atoms with Crippen molar-refractivity contribution >= 4 is 21.4 Å². The van der Waals surface area contributed by atoms with E-state index in [1.807, 2.05) is 0 Å².